The molecule has 1 aromatic heterocycles. The van der Waals surface area contributed by atoms with Crippen molar-refractivity contribution in [1.29, 1.82) is 0 Å². The molecule has 2 heterocycles. The molecular weight excluding hydrogens is 372 g/mol. The first-order valence-electron chi connectivity index (χ1n) is 9.49. The van der Waals surface area contributed by atoms with Crippen LogP contribution in [0.25, 0.3) is 5.76 Å². The van der Waals surface area contributed by atoms with Gasteiger partial charge < -0.3 is 19.5 Å². The molecule has 0 unspecified atom stereocenters. The molecule has 1 saturated heterocycles. The predicted octanol–water partition coefficient (Wildman–Crippen LogP) is 2.94. The quantitative estimate of drug-likeness (QED) is 0.419. The van der Waals surface area contributed by atoms with Crippen LogP contribution in [-0.2, 0) is 14.3 Å². The molecule has 1 N–H and O–H groups in total. The summed E-state index contributed by atoms with van der Waals surface area (Å²) in [6.45, 7) is 3.12. The van der Waals surface area contributed by atoms with Gasteiger partial charge in [0.15, 0.2) is 0 Å². The zero-order chi connectivity index (χ0) is 20.8. The van der Waals surface area contributed by atoms with Crippen LogP contribution in [-0.4, -0.2) is 53.5 Å². The molecule has 1 aromatic carbocycles. The Morgan fingerprint density at radius 1 is 1.10 bits per heavy atom. The molecule has 0 spiro atoms. The Morgan fingerprint density at radius 3 is 2.41 bits per heavy atom. The van der Waals surface area contributed by atoms with Crippen molar-refractivity contribution >= 4 is 17.4 Å². The number of pyridine rings is 1. The highest BCUT2D eigenvalue weighted by Crippen LogP contribution is 2.39. The number of hydrogen-bond donors (Lipinski definition) is 1. The van der Waals surface area contributed by atoms with Gasteiger partial charge in [-0.15, -0.1) is 0 Å². The summed E-state index contributed by atoms with van der Waals surface area (Å²) in [4.78, 5) is 30.9. The number of Topliss-reactive ketones (excluding diaryl/α,β-unsaturated/α-hetero) is 1. The number of benzene rings is 1. The number of aliphatic hydroxyl groups excluding tert-OH is 1. The van der Waals surface area contributed by atoms with Crippen LogP contribution in [0.1, 0.15) is 30.5 Å². The lowest BCUT2D eigenvalue weighted by atomic mass is 9.96. The van der Waals surface area contributed by atoms with E-state index in [9.17, 15) is 14.7 Å². The lowest BCUT2D eigenvalue weighted by Crippen LogP contribution is -2.32. The van der Waals surface area contributed by atoms with E-state index in [0.717, 1.165) is 6.42 Å². The van der Waals surface area contributed by atoms with Gasteiger partial charge >= 0.3 is 0 Å². The van der Waals surface area contributed by atoms with Gasteiger partial charge in [0, 0.05) is 31.6 Å². The Hall–Kier alpha value is -3.19. The summed E-state index contributed by atoms with van der Waals surface area (Å²) < 4.78 is 10.6. The number of aromatic nitrogens is 1. The Labute approximate surface area is 169 Å². The van der Waals surface area contributed by atoms with Crippen molar-refractivity contribution in [2.45, 2.75) is 19.4 Å². The molecule has 1 aliphatic heterocycles. The fourth-order valence-corrected chi connectivity index (χ4v) is 3.28. The third kappa shape index (κ3) is 4.30. The summed E-state index contributed by atoms with van der Waals surface area (Å²) in [5, 5.41) is 10.9. The standard InChI is InChI=1S/C22H24N2O5/c1-3-13-29-17-6-4-16(5-7-17)20(25)18-19(15-8-10-23-11-9-15)24(12-14-28-2)22(27)21(18)26/h4-11,19,25H,3,12-14H2,1-2H3/b20-18+/t19-/m0/s1. The van der Waals surface area contributed by atoms with Crippen molar-refractivity contribution in [1.82, 2.24) is 9.88 Å². The molecule has 0 aliphatic carbocycles. The first-order chi connectivity index (χ1) is 14.1. The maximum Gasteiger partial charge on any atom is 0.295 e. The Morgan fingerprint density at radius 2 is 1.79 bits per heavy atom. The molecule has 1 atom stereocenters. The van der Waals surface area contributed by atoms with Crippen LogP contribution in [0.15, 0.2) is 54.4 Å². The fraction of sp³-hybridized carbons (Fsp3) is 0.318. The van der Waals surface area contributed by atoms with Crippen LogP contribution < -0.4 is 4.74 Å². The number of likely N-dealkylation sites (tertiary alicyclic amines) is 1. The molecular formula is C22H24N2O5. The molecule has 7 heteroatoms. The van der Waals surface area contributed by atoms with E-state index in [-0.39, 0.29) is 24.5 Å². The normalized spacial score (nSPS) is 18.3. The minimum atomic E-state index is -0.716. The molecule has 0 saturated carbocycles. The number of nitrogens with zero attached hydrogens (tertiary/aromatic N) is 2. The average Bonchev–Trinajstić information content (AvgIpc) is 3.01. The number of amides is 1. The zero-order valence-electron chi connectivity index (χ0n) is 16.5. The number of carbonyl (C=O) groups excluding carboxylic acids is 2. The predicted molar refractivity (Wildman–Crippen MR) is 107 cm³/mol. The topological polar surface area (TPSA) is 89.0 Å². The lowest BCUT2D eigenvalue weighted by molar-refractivity contribution is -0.140. The molecule has 0 bridgehead atoms. The fourth-order valence-electron chi connectivity index (χ4n) is 3.28. The third-order valence-electron chi connectivity index (χ3n) is 4.70. The van der Waals surface area contributed by atoms with E-state index in [1.54, 1.807) is 48.8 Å². The number of aliphatic hydroxyl groups is 1. The average molecular weight is 396 g/mol. The number of rotatable bonds is 8. The Kier molecular flexibility index (Phi) is 6.61. The first-order valence-corrected chi connectivity index (χ1v) is 9.49. The summed E-state index contributed by atoms with van der Waals surface area (Å²) >= 11 is 0. The van der Waals surface area contributed by atoms with Crippen molar-refractivity contribution in [3.63, 3.8) is 0 Å². The minimum absolute atomic E-state index is 0.0551. The van der Waals surface area contributed by atoms with E-state index in [2.05, 4.69) is 4.98 Å². The van der Waals surface area contributed by atoms with Crippen molar-refractivity contribution in [2.24, 2.45) is 0 Å². The van der Waals surface area contributed by atoms with Crippen LogP contribution >= 0.6 is 0 Å². The summed E-state index contributed by atoms with van der Waals surface area (Å²) in [6.07, 6.45) is 4.07. The van der Waals surface area contributed by atoms with Gasteiger partial charge in [-0.3, -0.25) is 14.6 Å². The monoisotopic (exact) mass is 396 g/mol. The molecule has 1 aliphatic rings. The third-order valence-corrected chi connectivity index (χ3v) is 4.70. The molecule has 2 aromatic rings. The van der Waals surface area contributed by atoms with E-state index >= 15 is 0 Å². The van der Waals surface area contributed by atoms with Crippen molar-refractivity contribution in [2.75, 3.05) is 26.9 Å². The van der Waals surface area contributed by atoms with E-state index in [4.69, 9.17) is 9.47 Å². The van der Waals surface area contributed by atoms with E-state index in [1.165, 1.54) is 12.0 Å². The summed E-state index contributed by atoms with van der Waals surface area (Å²) in [5.41, 5.74) is 1.19. The number of hydrogen-bond acceptors (Lipinski definition) is 6. The van der Waals surface area contributed by atoms with E-state index < -0.39 is 17.7 Å². The number of ether oxygens (including phenoxy) is 2. The molecule has 0 radical (unpaired) electrons. The number of ketones is 1. The Balaban J connectivity index is 2.03. The molecule has 152 valence electrons. The van der Waals surface area contributed by atoms with Crippen LogP contribution in [0.3, 0.4) is 0 Å². The number of carbonyl (C=O) groups is 2. The SMILES string of the molecule is CCCOc1ccc(/C(O)=C2\C(=O)C(=O)N(CCOC)[C@H]2c2ccncc2)cc1. The summed E-state index contributed by atoms with van der Waals surface area (Å²) in [7, 11) is 1.53. The van der Waals surface area contributed by atoms with E-state index in [0.29, 0.717) is 23.5 Å². The van der Waals surface area contributed by atoms with Crippen molar-refractivity contribution in [3.8, 4) is 5.75 Å². The minimum Gasteiger partial charge on any atom is -0.507 e. The molecule has 3 rings (SSSR count). The number of methoxy groups -OCH3 is 1. The van der Waals surface area contributed by atoms with Crippen LogP contribution in [0.5, 0.6) is 5.75 Å². The van der Waals surface area contributed by atoms with Crippen LogP contribution in [0.4, 0.5) is 0 Å². The first kappa shape index (κ1) is 20.5. The lowest BCUT2D eigenvalue weighted by Gasteiger charge is -2.24. The van der Waals surface area contributed by atoms with Crippen LogP contribution in [0.2, 0.25) is 0 Å². The van der Waals surface area contributed by atoms with Gasteiger partial charge in [0.05, 0.1) is 24.8 Å². The largest absolute Gasteiger partial charge is 0.507 e. The van der Waals surface area contributed by atoms with Gasteiger partial charge in [0.2, 0.25) is 0 Å². The summed E-state index contributed by atoms with van der Waals surface area (Å²) in [5.74, 6) is -0.915. The molecule has 29 heavy (non-hydrogen) atoms. The second-order valence-electron chi connectivity index (χ2n) is 6.64. The van der Waals surface area contributed by atoms with Gasteiger partial charge in [-0.25, -0.2) is 0 Å². The van der Waals surface area contributed by atoms with Gasteiger partial charge in [-0.05, 0) is 48.4 Å². The second-order valence-corrected chi connectivity index (χ2v) is 6.64. The highest BCUT2D eigenvalue weighted by molar-refractivity contribution is 6.46. The molecule has 1 fully saturated rings. The van der Waals surface area contributed by atoms with Gasteiger partial charge in [0.25, 0.3) is 11.7 Å². The van der Waals surface area contributed by atoms with Gasteiger partial charge in [-0.1, -0.05) is 6.92 Å². The van der Waals surface area contributed by atoms with Crippen molar-refractivity contribution in [3.05, 3.63) is 65.5 Å². The van der Waals surface area contributed by atoms with Gasteiger partial charge in [0.1, 0.15) is 11.5 Å². The van der Waals surface area contributed by atoms with Crippen molar-refractivity contribution < 1.29 is 24.2 Å². The summed E-state index contributed by atoms with van der Waals surface area (Å²) in [6, 6.07) is 9.56. The van der Waals surface area contributed by atoms with Crippen LogP contribution in [0, 0.1) is 0 Å². The maximum absolute atomic E-state index is 12.8. The maximum atomic E-state index is 12.8. The van der Waals surface area contributed by atoms with Gasteiger partial charge in [-0.2, -0.15) is 0 Å². The molecule has 7 nitrogen and oxygen atoms in total. The smallest absolute Gasteiger partial charge is 0.295 e. The molecule has 1 amide bonds. The highest BCUT2D eigenvalue weighted by atomic mass is 16.5. The Bertz CT molecular complexity index is 893. The highest BCUT2D eigenvalue weighted by Gasteiger charge is 2.45. The van der Waals surface area contributed by atoms with E-state index in [1.807, 2.05) is 6.92 Å². The second kappa shape index (κ2) is 9.34. The zero-order valence-corrected chi connectivity index (χ0v) is 16.5.